The Morgan fingerprint density at radius 1 is 1.28 bits per heavy atom. The zero-order valence-corrected chi connectivity index (χ0v) is 14.0. The van der Waals surface area contributed by atoms with E-state index in [1.54, 1.807) is 0 Å². The summed E-state index contributed by atoms with van der Waals surface area (Å²) in [6, 6.07) is 4.11. The molecule has 3 unspecified atom stereocenters. The molecule has 4 rings (SSSR count). The van der Waals surface area contributed by atoms with Crippen LogP contribution in [0.15, 0.2) is 18.2 Å². The van der Waals surface area contributed by atoms with Crippen molar-refractivity contribution >= 4 is 11.6 Å². The number of nitrogens with one attached hydrogen (secondary N) is 1. The van der Waals surface area contributed by atoms with Gasteiger partial charge in [-0.3, -0.25) is 4.79 Å². The highest BCUT2D eigenvalue weighted by molar-refractivity contribution is 6.00. The first-order valence-electron chi connectivity index (χ1n) is 8.27. The molecule has 2 fully saturated rings. The zero-order chi connectivity index (χ0) is 18.0. The highest BCUT2D eigenvalue weighted by Gasteiger charge is 2.70. The van der Waals surface area contributed by atoms with Crippen LogP contribution in [0.5, 0.6) is 11.5 Å². The smallest absolute Gasteiger partial charge is 0.395 e. The molecule has 1 aromatic rings. The molecule has 3 aliphatic rings. The van der Waals surface area contributed by atoms with Crippen LogP contribution < -0.4 is 20.5 Å². The predicted molar refractivity (Wildman–Crippen MR) is 84.4 cm³/mol. The quantitative estimate of drug-likeness (QED) is 0.853. The standard InChI is InChI=1S/C17H20F2N2O4/c1-15(2)13-10(4-3-7-23-13)16(15,20)14(22)21-9-5-6-11-12(8-9)25-17(18,19)24-11/h5-6,8,10,13H,3-4,7,20H2,1-2H3,(H,21,22). The lowest BCUT2D eigenvalue weighted by atomic mass is 9.46. The largest absolute Gasteiger partial charge is 0.586 e. The fourth-order valence-corrected chi connectivity index (χ4v) is 4.30. The van der Waals surface area contributed by atoms with Crippen LogP contribution in [0.25, 0.3) is 0 Å². The molecule has 2 heterocycles. The first-order chi connectivity index (χ1) is 11.6. The molecule has 0 aromatic heterocycles. The van der Waals surface area contributed by atoms with Gasteiger partial charge in [0, 0.05) is 29.7 Å². The summed E-state index contributed by atoms with van der Waals surface area (Å²) in [7, 11) is 0. The highest BCUT2D eigenvalue weighted by Crippen LogP contribution is 2.57. The molecule has 1 aromatic carbocycles. The Labute approximate surface area is 143 Å². The molecule has 0 spiro atoms. The Morgan fingerprint density at radius 2 is 2.00 bits per heavy atom. The van der Waals surface area contributed by atoms with Crippen LogP contribution in [0.4, 0.5) is 14.5 Å². The van der Waals surface area contributed by atoms with Crippen LogP contribution in [0.1, 0.15) is 26.7 Å². The van der Waals surface area contributed by atoms with Crippen molar-refractivity contribution in [1.29, 1.82) is 0 Å². The van der Waals surface area contributed by atoms with E-state index in [1.807, 2.05) is 13.8 Å². The first-order valence-corrected chi connectivity index (χ1v) is 8.27. The van der Waals surface area contributed by atoms with Crippen LogP contribution in [0.2, 0.25) is 0 Å². The first kappa shape index (κ1) is 16.5. The lowest BCUT2D eigenvalue weighted by Crippen LogP contribution is -2.81. The van der Waals surface area contributed by atoms with E-state index in [0.29, 0.717) is 12.3 Å². The van der Waals surface area contributed by atoms with Gasteiger partial charge in [-0.05, 0) is 25.0 Å². The van der Waals surface area contributed by atoms with Crippen molar-refractivity contribution in [2.24, 2.45) is 17.1 Å². The number of fused-ring (bicyclic) bond motifs is 2. The van der Waals surface area contributed by atoms with Gasteiger partial charge in [0.25, 0.3) is 0 Å². The SMILES string of the molecule is CC1(C)C2OCCCC2C1(N)C(=O)Nc1ccc2c(c1)OC(F)(F)O2. The number of carbonyl (C=O) groups is 1. The van der Waals surface area contributed by atoms with Crippen molar-refractivity contribution < 1.29 is 27.8 Å². The fourth-order valence-electron chi connectivity index (χ4n) is 4.30. The second kappa shape index (κ2) is 5.04. The molecule has 6 nitrogen and oxygen atoms in total. The minimum absolute atomic E-state index is 0.0487. The normalized spacial score (nSPS) is 34.0. The molecule has 0 radical (unpaired) electrons. The lowest BCUT2D eigenvalue weighted by Gasteiger charge is -2.65. The molecule has 1 saturated heterocycles. The molecule has 25 heavy (non-hydrogen) atoms. The number of hydrogen-bond donors (Lipinski definition) is 2. The maximum atomic E-state index is 13.1. The van der Waals surface area contributed by atoms with E-state index in [-0.39, 0.29) is 29.4 Å². The number of halogens is 2. The van der Waals surface area contributed by atoms with Crippen LogP contribution in [0, 0.1) is 11.3 Å². The molecule has 2 aliphatic heterocycles. The topological polar surface area (TPSA) is 82.8 Å². The summed E-state index contributed by atoms with van der Waals surface area (Å²) in [5.41, 5.74) is 5.23. The third kappa shape index (κ3) is 2.23. The zero-order valence-electron chi connectivity index (χ0n) is 14.0. The molecule has 8 heteroatoms. The molecule has 3 N–H and O–H groups in total. The highest BCUT2D eigenvalue weighted by atomic mass is 19.3. The van der Waals surface area contributed by atoms with Crippen molar-refractivity contribution in [3.63, 3.8) is 0 Å². The average molecular weight is 354 g/mol. The van der Waals surface area contributed by atoms with Crippen molar-refractivity contribution in [3.8, 4) is 11.5 Å². The summed E-state index contributed by atoms with van der Waals surface area (Å²) in [6.45, 7) is 4.51. The molecule has 1 aliphatic carbocycles. The van der Waals surface area contributed by atoms with Crippen molar-refractivity contribution in [2.45, 2.75) is 44.6 Å². The van der Waals surface area contributed by atoms with E-state index in [9.17, 15) is 13.6 Å². The average Bonchev–Trinajstić information content (AvgIpc) is 2.87. The third-order valence-corrected chi connectivity index (χ3v) is 5.72. The Hall–Kier alpha value is -1.93. The van der Waals surface area contributed by atoms with Gasteiger partial charge in [-0.2, -0.15) is 0 Å². The van der Waals surface area contributed by atoms with Gasteiger partial charge in [0.1, 0.15) is 5.54 Å². The van der Waals surface area contributed by atoms with Crippen molar-refractivity contribution in [1.82, 2.24) is 0 Å². The number of carbonyl (C=O) groups excluding carboxylic acids is 1. The number of rotatable bonds is 2. The van der Waals surface area contributed by atoms with Gasteiger partial charge < -0.3 is 25.3 Å². The van der Waals surface area contributed by atoms with Crippen LogP contribution in [0.3, 0.4) is 0 Å². The number of alkyl halides is 2. The third-order valence-electron chi connectivity index (χ3n) is 5.72. The van der Waals surface area contributed by atoms with Gasteiger partial charge in [0.15, 0.2) is 11.5 Å². The molecule has 1 saturated carbocycles. The van der Waals surface area contributed by atoms with Gasteiger partial charge in [0.2, 0.25) is 5.91 Å². The summed E-state index contributed by atoms with van der Waals surface area (Å²) < 4.78 is 40.8. The van der Waals surface area contributed by atoms with E-state index in [4.69, 9.17) is 10.5 Å². The van der Waals surface area contributed by atoms with Crippen LogP contribution >= 0.6 is 0 Å². The van der Waals surface area contributed by atoms with E-state index < -0.39 is 17.2 Å². The Bertz CT molecular complexity index is 739. The summed E-state index contributed by atoms with van der Waals surface area (Å²) in [6.07, 6.45) is -2.05. The minimum Gasteiger partial charge on any atom is -0.395 e. The van der Waals surface area contributed by atoms with Gasteiger partial charge >= 0.3 is 6.29 Å². The molecule has 1 amide bonds. The van der Waals surface area contributed by atoms with Gasteiger partial charge in [-0.1, -0.05) is 13.8 Å². The molecular weight excluding hydrogens is 334 g/mol. The van der Waals surface area contributed by atoms with Gasteiger partial charge in [-0.25, -0.2) is 0 Å². The van der Waals surface area contributed by atoms with Gasteiger partial charge in [0.05, 0.1) is 6.10 Å². The number of amides is 1. The summed E-state index contributed by atoms with van der Waals surface area (Å²) in [5, 5.41) is 2.73. The van der Waals surface area contributed by atoms with Crippen LogP contribution in [-0.4, -0.2) is 30.5 Å². The van der Waals surface area contributed by atoms with E-state index >= 15 is 0 Å². The predicted octanol–water partition coefficient (Wildman–Crippen LogP) is 2.48. The van der Waals surface area contributed by atoms with E-state index in [1.165, 1.54) is 18.2 Å². The maximum absolute atomic E-state index is 13.1. The number of nitrogens with two attached hydrogens (primary N) is 1. The number of anilines is 1. The minimum atomic E-state index is -3.69. The van der Waals surface area contributed by atoms with Crippen LogP contribution in [-0.2, 0) is 9.53 Å². The van der Waals surface area contributed by atoms with Crippen molar-refractivity contribution in [2.75, 3.05) is 11.9 Å². The van der Waals surface area contributed by atoms with Crippen molar-refractivity contribution in [3.05, 3.63) is 18.2 Å². The van der Waals surface area contributed by atoms with E-state index in [0.717, 1.165) is 12.8 Å². The Balaban J connectivity index is 1.55. The Morgan fingerprint density at radius 3 is 2.76 bits per heavy atom. The number of hydrogen-bond acceptors (Lipinski definition) is 5. The number of benzene rings is 1. The summed E-state index contributed by atoms with van der Waals surface area (Å²) in [5.74, 6) is -0.611. The molecule has 0 bridgehead atoms. The van der Waals surface area contributed by atoms with E-state index in [2.05, 4.69) is 14.8 Å². The fraction of sp³-hybridized carbons (Fsp3) is 0.588. The maximum Gasteiger partial charge on any atom is 0.586 e. The second-order valence-corrected chi connectivity index (χ2v) is 7.41. The van der Waals surface area contributed by atoms with Gasteiger partial charge in [-0.15, -0.1) is 8.78 Å². The Kier molecular flexibility index (Phi) is 3.34. The lowest BCUT2D eigenvalue weighted by molar-refractivity contribution is -0.286. The molecular formula is C17H20F2N2O4. The number of ether oxygens (including phenoxy) is 3. The second-order valence-electron chi connectivity index (χ2n) is 7.41. The summed E-state index contributed by atoms with van der Waals surface area (Å²) in [4.78, 5) is 12.9. The monoisotopic (exact) mass is 354 g/mol. The molecule has 136 valence electrons. The summed E-state index contributed by atoms with van der Waals surface area (Å²) >= 11 is 0. The molecule has 3 atom stereocenters.